The van der Waals surface area contributed by atoms with E-state index in [2.05, 4.69) is 21.2 Å². The van der Waals surface area contributed by atoms with E-state index in [0.717, 1.165) is 18.1 Å². The van der Waals surface area contributed by atoms with Crippen LogP contribution in [0, 0.1) is 19.3 Å². The molecule has 0 aliphatic rings. The minimum atomic E-state index is -0.105. The summed E-state index contributed by atoms with van der Waals surface area (Å²) in [6.45, 7) is 4.69. The van der Waals surface area contributed by atoms with E-state index in [1.54, 1.807) is 6.20 Å². The van der Waals surface area contributed by atoms with Gasteiger partial charge in [-0.25, -0.2) is 9.97 Å². The summed E-state index contributed by atoms with van der Waals surface area (Å²) < 4.78 is 0. The van der Waals surface area contributed by atoms with Crippen molar-refractivity contribution in [2.45, 2.75) is 19.9 Å². The molecular weight excluding hydrogens is 162 g/mol. The number of aryl methyl sites for hydroxylation is 1. The van der Waals surface area contributed by atoms with Gasteiger partial charge in [0, 0.05) is 6.20 Å². The lowest BCUT2D eigenvalue weighted by atomic mass is 10.2. The highest BCUT2D eigenvalue weighted by Gasteiger charge is 2.07. The van der Waals surface area contributed by atoms with Gasteiger partial charge in [-0.2, -0.15) is 0 Å². The second kappa shape index (κ2) is 4.58. The highest BCUT2D eigenvalue weighted by Crippen LogP contribution is 2.07. The fraction of sp³-hybridized carbons (Fsp3) is 0.400. The molecule has 1 unspecified atom stereocenters. The van der Waals surface area contributed by atoms with Crippen LogP contribution in [0.4, 0.5) is 0 Å². The molecule has 1 rings (SSSR count). The Morgan fingerprint density at radius 3 is 3.00 bits per heavy atom. The molecule has 0 aliphatic heterocycles. The van der Waals surface area contributed by atoms with Gasteiger partial charge in [-0.3, -0.25) is 5.32 Å². The number of hydrogen-bond donors (Lipinski definition) is 1. The van der Waals surface area contributed by atoms with Gasteiger partial charge in [-0.1, -0.05) is 12.8 Å². The van der Waals surface area contributed by atoms with Crippen LogP contribution in [0.1, 0.15) is 24.5 Å². The molecule has 0 spiro atoms. The van der Waals surface area contributed by atoms with E-state index >= 15 is 0 Å². The molecule has 1 atom stereocenters. The summed E-state index contributed by atoms with van der Waals surface area (Å²) in [7, 11) is 0. The van der Waals surface area contributed by atoms with Crippen molar-refractivity contribution in [2.75, 3.05) is 6.54 Å². The van der Waals surface area contributed by atoms with Gasteiger partial charge in [0.05, 0.1) is 5.69 Å². The first-order valence-electron chi connectivity index (χ1n) is 4.27. The third-order valence-electron chi connectivity index (χ3n) is 1.67. The molecule has 13 heavy (non-hydrogen) atoms. The van der Waals surface area contributed by atoms with Crippen LogP contribution in [0.5, 0.6) is 0 Å². The van der Waals surface area contributed by atoms with Crippen molar-refractivity contribution in [3.63, 3.8) is 0 Å². The molecule has 0 amide bonds. The number of terminal acetylenes is 1. The van der Waals surface area contributed by atoms with Crippen molar-refractivity contribution in [2.24, 2.45) is 0 Å². The maximum atomic E-state index is 5.37. The maximum absolute atomic E-state index is 5.37. The standard InChI is InChI=1S/C10H13N3/c1-4-9(11-5-2)10-6-7-12-8(3)13-10/h1,6-7,9,11H,5H2,2-3H3. The third kappa shape index (κ3) is 2.53. The molecule has 68 valence electrons. The summed E-state index contributed by atoms with van der Waals surface area (Å²) in [5.41, 5.74) is 0.858. The van der Waals surface area contributed by atoms with Crippen LogP contribution >= 0.6 is 0 Å². The minimum Gasteiger partial charge on any atom is -0.299 e. The molecule has 0 aliphatic carbocycles. The van der Waals surface area contributed by atoms with E-state index in [4.69, 9.17) is 6.42 Å². The number of aromatic nitrogens is 2. The van der Waals surface area contributed by atoms with Crippen LogP contribution in [0.15, 0.2) is 12.3 Å². The number of nitrogens with one attached hydrogen (secondary N) is 1. The Kier molecular flexibility index (Phi) is 3.41. The average molecular weight is 175 g/mol. The lowest BCUT2D eigenvalue weighted by Crippen LogP contribution is -2.20. The summed E-state index contributed by atoms with van der Waals surface area (Å²) in [4.78, 5) is 8.26. The lowest BCUT2D eigenvalue weighted by Gasteiger charge is -2.10. The fourth-order valence-corrected chi connectivity index (χ4v) is 1.09. The predicted molar refractivity (Wildman–Crippen MR) is 52.0 cm³/mol. The molecule has 1 N–H and O–H groups in total. The first kappa shape index (κ1) is 9.69. The average Bonchev–Trinajstić information content (AvgIpc) is 2.14. The van der Waals surface area contributed by atoms with Crippen LogP contribution in [-0.4, -0.2) is 16.5 Å². The second-order valence-electron chi connectivity index (χ2n) is 2.69. The summed E-state index contributed by atoms with van der Waals surface area (Å²) in [5, 5.41) is 3.15. The van der Waals surface area contributed by atoms with Gasteiger partial charge in [0.2, 0.25) is 0 Å². The molecule has 0 aromatic carbocycles. The van der Waals surface area contributed by atoms with Crippen molar-refractivity contribution >= 4 is 0 Å². The largest absolute Gasteiger partial charge is 0.299 e. The monoisotopic (exact) mass is 175 g/mol. The van der Waals surface area contributed by atoms with Crippen LogP contribution in [0.2, 0.25) is 0 Å². The molecule has 0 saturated heterocycles. The fourth-order valence-electron chi connectivity index (χ4n) is 1.09. The van der Waals surface area contributed by atoms with Crippen molar-refractivity contribution in [3.05, 3.63) is 23.8 Å². The Balaban J connectivity index is 2.86. The second-order valence-corrected chi connectivity index (χ2v) is 2.69. The molecule has 3 nitrogen and oxygen atoms in total. The summed E-state index contributed by atoms with van der Waals surface area (Å²) >= 11 is 0. The molecular formula is C10H13N3. The molecule has 0 fully saturated rings. The molecule has 0 bridgehead atoms. The Hall–Kier alpha value is -1.40. The van der Waals surface area contributed by atoms with Crippen molar-refractivity contribution in [3.8, 4) is 12.3 Å². The van der Waals surface area contributed by atoms with Gasteiger partial charge < -0.3 is 0 Å². The van der Waals surface area contributed by atoms with Crippen LogP contribution < -0.4 is 5.32 Å². The number of hydrogen-bond acceptors (Lipinski definition) is 3. The van der Waals surface area contributed by atoms with E-state index in [1.807, 2.05) is 19.9 Å². The summed E-state index contributed by atoms with van der Waals surface area (Å²) in [5.74, 6) is 3.39. The Labute approximate surface area is 78.6 Å². The van der Waals surface area contributed by atoms with Crippen LogP contribution in [0.25, 0.3) is 0 Å². The van der Waals surface area contributed by atoms with E-state index in [-0.39, 0.29) is 6.04 Å². The molecule has 3 heteroatoms. The van der Waals surface area contributed by atoms with Gasteiger partial charge in [0.1, 0.15) is 11.9 Å². The normalized spacial score (nSPS) is 12.1. The van der Waals surface area contributed by atoms with Crippen molar-refractivity contribution in [1.82, 2.24) is 15.3 Å². The number of nitrogens with zero attached hydrogens (tertiary/aromatic N) is 2. The van der Waals surface area contributed by atoms with E-state index in [0.29, 0.717) is 0 Å². The van der Waals surface area contributed by atoms with Gasteiger partial charge >= 0.3 is 0 Å². The quantitative estimate of drug-likeness (QED) is 0.698. The molecule has 1 aromatic heterocycles. The van der Waals surface area contributed by atoms with E-state index in [9.17, 15) is 0 Å². The SMILES string of the molecule is C#CC(NCC)c1ccnc(C)n1. The third-order valence-corrected chi connectivity index (χ3v) is 1.67. The highest BCUT2D eigenvalue weighted by molar-refractivity contribution is 5.17. The van der Waals surface area contributed by atoms with Gasteiger partial charge in [0.15, 0.2) is 0 Å². The first-order chi connectivity index (χ1) is 6.27. The zero-order chi connectivity index (χ0) is 9.68. The topological polar surface area (TPSA) is 37.8 Å². The zero-order valence-electron chi connectivity index (χ0n) is 7.91. The minimum absolute atomic E-state index is 0.105. The molecule has 0 saturated carbocycles. The Bertz CT molecular complexity index is 314. The predicted octanol–water partition coefficient (Wildman–Crippen LogP) is 1.07. The Morgan fingerprint density at radius 1 is 1.69 bits per heavy atom. The maximum Gasteiger partial charge on any atom is 0.125 e. The summed E-state index contributed by atoms with van der Waals surface area (Å²) in [6.07, 6.45) is 7.09. The summed E-state index contributed by atoms with van der Waals surface area (Å²) in [6, 6.07) is 1.73. The Morgan fingerprint density at radius 2 is 2.46 bits per heavy atom. The first-order valence-corrected chi connectivity index (χ1v) is 4.27. The van der Waals surface area contributed by atoms with Crippen LogP contribution in [0.3, 0.4) is 0 Å². The molecule has 1 heterocycles. The zero-order valence-corrected chi connectivity index (χ0v) is 7.91. The lowest BCUT2D eigenvalue weighted by molar-refractivity contribution is 0.644. The van der Waals surface area contributed by atoms with E-state index < -0.39 is 0 Å². The highest BCUT2D eigenvalue weighted by atomic mass is 15.0. The molecule has 1 aromatic rings. The van der Waals surface area contributed by atoms with E-state index in [1.165, 1.54) is 0 Å². The number of rotatable bonds is 3. The smallest absolute Gasteiger partial charge is 0.125 e. The van der Waals surface area contributed by atoms with Gasteiger partial charge in [-0.15, -0.1) is 6.42 Å². The van der Waals surface area contributed by atoms with Crippen molar-refractivity contribution in [1.29, 1.82) is 0 Å². The van der Waals surface area contributed by atoms with Gasteiger partial charge in [0.25, 0.3) is 0 Å². The molecule has 0 radical (unpaired) electrons. The van der Waals surface area contributed by atoms with Gasteiger partial charge in [-0.05, 0) is 19.5 Å². The van der Waals surface area contributed by atoms with Crippen LogP contribution in [-0.2, 0) is 0 Å². The van der Waals surface area contributed by atoms with Crippen molar-refractivity contribution < 1.29 is 0 Å².